The van der Waals surface area contributed by atoms with Crippen molar-refractivity contribution in [2.75, 3.05) is 5.32 Å². The van der Waals surface area contributed by atoms with Crippen molar-refractivity contribution in [1.82, 2.24) is 9.97 Å². The lowest BCUT2D eigenvalue weighted by molar-refractivity contribution is -0.121. The number of pyridine rings is 1. The Kier molecular flexibility index (Phi) is 6.15. The molecule has 1 amide bonds. The molecule has 2 unspecified atom stereocenters. The average molecular weight is 502 g/mol. The van der Waals surface area contributed by atoms with Gasteiger partial charge in [0.15, 0.2) is 5.13 Å². The Bertz CT molecular complexity index is 1530. The zero-order chi connectivity index (χ0) is 25.2. The predicted octanol–water partition coefficient (Wildman–Crippen LogP) is 6.91. The van der Waals surface area contributed by atoms with Crippen LogP contribution in [0.15, 0.2) is 109 Å². The number of nitrogens with one attached hydrogen (secondary N) is 1. The summed E-state index contributed by atoms with van der Waals surface area (Å²) in [6, 6.07) is 31.3. The SMILES string of the molecule is CC1(c2ccccc2)c2ccccc2CC1C(=O)Nc1nc(Cc2ccc(-c3ccncc3)cc2)cs1. The molecule has 4 nitrogen and oxygen atoms in total. The molecule has 2 heterocycles. The van der Waals surface area contributed by atoms with E-state index < -0.39 is 5.41 Å². The van der Waals surface area contributed by atoms with Crippen molar-refractivity contribution in [2.45, 2.75) is 25.2 Å². The highest BCUT2D eigenvalue weighted by molar-refractivity contribution is 7.13. The smallest absolute Gasteiger partial charge is 0.230 e. The Morgan fingerprint density at radius 3 is 2.41 bits per heavy atom. The maximum absolute atomic E-state index is 13.7. The Balaban J connectivity index is 1.18. The van der Waals surface area contributed by atoms with E-state index in [2.05, 4.69) is 77.9 Å². The minimum Gasteiger partial charge on any atom is -0.302 e. The predicted molar refractivity (Wildman–Crippen MR) is 150 cm³/mol. The van der Waals surface area contributed by atoms with Crippen molar-refractivity contribution in [3.63, 3.8) is 0 Å². The van der Waals surface area contributed by atoms with E-state index >= 15 is 0 Å². The van der Waals surface area contributed by atoms with Gasteiger partial charge in [0.25, 0.3) is 0 Å². The van der Waals surface area contributed by atoms with Crippen molar-refractivity contribution >= 4 is 22.4 Å². The zero-order valence-corrected chi connectivity index (χ0v) is 21.4. The van der Waals surface area contributed by atoms with Gasteiger partial charge in [-0.1, -0.05) is 85.8 Å². The highest BCUT2D eigenvalue weighted by atomic mass is 32.1. The van der Waals surface area contributed by atoms with Gasteiger partial charge in [-0.05, 0) is 51.9 Å². The van der Waals surface area contributed by atoms with Crippen molar-refractivity contribution in [3.8, 4) is 11.1 Å². The normalized spacial score (nSPS) is 18.4. The summed E-state index contributed by atoms with van der Waals surface area (Å²) in [6.07, 6.45) is 5.05. The Morgan fingerprint density at radius 2 is 1.62 bits per heavy atom. The van der Waals surface area contributed by atoms with E-state index in [4.69, 9.17) is 4.98 Å². The lowest BCUT2D eigenvalue weighted by Gasteiger charge is -2.32. The summed E-state index contributed by atoms with van der Waals surface area (Å²) in [4.78, 5) is 22.5. The van der Waals surface area contributed by atoms with Gasteiger partial charge in [-0.3, -0.25) is 9.78 Å². The summed E-state index contributed by atoms with van der Waals surface area (Å²) in [6.45, 7) is 2.20. The molecule has 6 rings (SSSR count). The zero-order valence-electron chi connectivity index (χ0n) is 20.6. The number of nitrogens with zero attached hydrogens (tertiary/aromatic N) is 2. The number of anilines is 1. The van der Waals surface area contributed by atoms with Gasteiger partial charge in [-0.2, -0.15) is 0 Å². The molecule has 182 valence electrons. The third-order valence-corrected chi connectivity index (χ3v) is 8.33. The van der Waals surface area contributed by atoms with Gasteiger partial charge in [0.2, 0.25) is 5.91 Å². The van der Waals surface area contributed by atoms with Crippen molar-refractivity contribution < 1.29 is 4.79 Å². The molecule has 1 aliphatic rings. The highest BCUT2D eigenvalue weighted by Gasteiger charge is 2.47. The minimum atomic E-state index is -0.390. The van der Waals surface area contributed by atoms with E-state index in [0.717, 1.165) is 35.2 Å². The first-order valence-corrected chi connectivity index (χ1v) is 13.4. The van der Waals surface area contributed by atoms with Gasteiger partial charge in [-0.25, -0.2) is 4.98 Å². The molecular weight excluding hydrogens is 474 g/mol. The van der Waals surface area contributed by atoms with E-state index in [1.807, 2.05) is 35.7 Å². The standard InChI is InChI=1S/C32H27N3OS/c1-32(26-8-3-2-4-9-26)28-10-6-5-7-25(28)20-29(32)30(36)35-31-34-27(21-37-31)19-22-11-13-23(14-12-22)24-15-17-33-18-16-24/h2-18,21,29H,19-20H2,1H3,(H,34,35,36). The van der Waals surface area contributed by atoms with E-state index in [1.54, 1.807) is 12.4 Å². The summed E-state index contributed by atoms with van der Waals surface area (Å²) in [5, 5.41) is 5.83. The van der Waals surface area contributed by atoms with E-state index in [9.17, 15) is 4.79 Å². The van der Waals surface area contributed by atoms with Gasteiger partial charge < -0.3 is 5.32 Å². The largest absolute Gasteiger partial charge is 0.302 e. The third-order valence-electron chi connectivity index (χ3n) is 7.52. The number of amides is 1. The van der Waals surface area contributed by atoms with Crippen LogP contribution in [0.2, 0.25) is 0 Å². The fraction of sp³-hybridized carbons (Fsp3) is 0.156. The maximum atomic E-state index is 13.7. The van der Waals surface area contributed by atoms with Crippen LogP contribution >= 0.6 is 11.3 Å². The summed E-state index contributed by atoms with van der Waals surface area (Å²) in [5.41, 5.74) is 7.70. The molecule has 0 fully saturated rings. The van der Waals surface area contributed by atoms with Gasteiger partial charge >= 0.3 is 0 Å². The third kappa shape index (κ3) is 4.47. The Labute approximate surface area is 221 Å². The van der Waals surface area contributed by atoms with Crippen LogP contribution in [-0.2, 0) is 23.1 Å². The van der Waals surface area contributed by atoms with Crippen LogP contribution in [0.5, 0.6) is 0 Å². The van der Waals surface area contributed by atoms with Gasteiger partial charge in [-0.15, -0.1) is 11.3 Å². The number of rotatable bonds is 6. The van der Waals surface area contributed by atoms with Crippen LogP contribution in [0.3, 0.4) is 0 Å². The first kappa shape index (κ1) is 23.3. The van der Waals surface area contributed by atoms with Crippen LogP contribution in [0.1, 0.15) is 34.9 Å². The molecule has 0 saturated heterocycles. The number of benzene rings is 3. The minimum absolute atomic E-state index is 0.0187. The summed E-state index contributed by atoms with van der Waals surface area (Å²) < 4.78 is 0. The monoisotopic (exact) mass is 501 g/mol. The molecule has 0 radical (unpaired) electrons. The molecule has 2 atom stereocenters. The van der Waals surface area contributed by atoms with Crippen LogP contribution in [0.25, 0.3) is 11.1 Å². The van der Waals surface area contributed by atoms with Crippen LogP contribution in [-0.4, -0.2) is 15.9 Å². The second-order valence-electron chi connectivity index (χ2n) is 9.73. The maximum Gasteiger partial charge on any atom is 0.230 e. The molecule has 0 saturated carbocycles. The van der Waals surface area contributed by atoms with Crippen molar-refractivity contribution in [1.29, 1.82) is 0 Å². The van der Waals surface area contributed by atoms with E-state index in [1.165, 1.54) is 28.0 Å². The van der Waals surface area contributed by atoms with Gasteiger partial charge in [0.05, 0.1) is 11.6 Å². The molecule has 0 bridgehead atoms. The molecule has 37 heavy (non-hydrogen) atoms. The summed E-state index contributed by atoms with van der Waals surface area (Å²) >= 11 is 1.49. The number of fused-ring (bicyclic) bond motifs is 1. The van der Waals surface area contributed by atoms with E-state index in [0.29, 0.717) is 5.13 Å². The molecular formula is C32H27N3OS. The molecule has 1 aliphatic carbocycles. The van der Waals surface area contributed by atoms with Crippen molar-refractivity contribution in [3.05, 3.63) is 137 Å². The average Bonchev–Trinajstić information content (AvgIpc) is 3.52. The van der Waals surface area contributed by atoms with Crippen LogP contribution < -0.4 is 5.32 Å². The van der Waals surface area contributed by atoms with Crippen LogP contribution in [0.4, 0.5) is 5.13 Å². The number of hydrogen-bond acceptors (Lipinski definition) is 4. The quantitative estimate of drug-likeness (QED) is 0.275. The second-order valence-corrected chi connectivity index (χ2v) is 10.6. The number of carbonyl (C=O) groups is 1. The van der Waals surface area contributed by atoms with Gasteiger partial charge in [0.1, 0.15) is 0 Å². The summed E-state index contributed by atoms with van der Waals surface area (Å²) in [7, 11) is 0. The number of aromatic nitrogens is 2. The first-order chi connectivity index (χ1) is 18.1. The van der Waals surface area contributed by atoms with Crippen LogP contribution in [0, 0.1) is 5.92 Å². The molecule has 5 aromatic rings. The molecule has 2 aromatic heterocycles. The lowest BCUT2D eigenvalue weighted by atomic mass is 9.71. The molecule has 3 aromatic carbocycles. The topological polar surface area (TPSA) is 54.9 Å². The van der Waals surface area contributed by atoms with E-state index in [-0.39, 0.29) is 11.8 Å². The van der Waals surface area contributed by atoms with Crippen molar-refractivity contribution in [2.24, 2.45) is 5.92 Å². The fourth-order valence-corrected chi connectivity index (χ4v) is 6.23. The highest BCUT2D eigenvalue weighted by Crippen LogP contribution is 2.48. The first-order valence-electron chi connectivity index (χ1n) is 12.5. The molecule has 1 N–H and O–H groups in total. The Hall–Kier alpha value is -4.09. The Morgan fingerprint density at radius 1 is 0.919 bits per heavy atom. The number of thiazole rings is 1. The second kappa shape index (κ2) is 9.75. The number of hydrogen-bond donors (Lipinski definition) is 1. The fourth-order valence-electron chi connectivity index (χ4n) is 5.52. The van der Waals surface area contributed by atoms with Gasteiger partial charge in [0, 0.05) is 29.6 Å². The molecule has 0 spiro atoms. The summed E-state index contributed by atoms with van der Waals surface area (Å²) in [5.74, 6) is -0.189. The molecule has 0 aliphatic heterocycles. The molecule has 5 heteroatoms. The lowest BCUT2D eigenvalue weighted by Crippen LogP contribution is -2.38. The number of carbonyl (C=O) groups excluding carboxylic acids is 1.